The first kappa shape index (κ1) is 23.7. The van der Waals surface area contributed by atoms with E-state index in [1.165, 1.54) is 48.4 Å². The fraction of sp³-hybridized carbons (Fsp3) is 0.348. The lowest BCUT2D eigenvalue weighted by atomic mass is 10.2. The van der Waals surface area contributed by atoms with Crippen molar-refractivity contribution in [3.63, 3.8) is 0 Å². The largest absolute Gasteiger partial charge is 0.493 e. The summed E-state index contributed by atoms with van der Waals surface area (Å²) in [6, 6.07) is 11.8. The van der Waals surface area contributed by atoms with Crippen molar-refractivity contribution in [2.24, 2.45) is 5.92 Å². The van der Waals surface area contributed by atoms with Crippen molar-refractivity contribution >= 4 is 17.6 Å². The van der Waals surface area contributed by atoms with E-state index in [1.807, 2.05) is 19.9 Å². The van der Waals surface area contributed by atoms with Crippen LogP contribution in [-0.2, 0) is 9.53 Å². The molecule has 0 aliphatic heterocycles. The third-order valence-electron chi connectivity index (χ3n) is 4.18. The molecule has 2 rings (SSSR count). The zero-order chi connectivity index (χ0) is 22.8. The number of amides is 1. The minimum Gasteiger partial charge on any atom is -0.493 e. The van der Waals surface area contributed by atoms with Crippen molar-refractivity contribution in [2.45, 2.75) is 20.3 Å². The Balaban J connectivity index is 2.06. The number of benzene rings is 2. The van der Waals surface area contributed by atoms with Gasteiger partial charge >= 0.3 is 5.97 Å². The first-order chi connectivity index (χ1) is 14.8. The molecule has 0 unspecified atom stereocenters. The minimum atomic E-state index is -0.707. The van der Waals surface area contributed by atoms with E-state index in [9.17, 15) is 14.0 Å². The molecular formula is C23H25FN2O5. The summed E-state index contributed by atoms with van der Waals surface area (Å²) in [6.07, 6.45) is 0.0755. The van der Waals surface area contributed by atoms with Gasteiger partial charge in [-0.15, -0.1) is 0 Å². The first-order valence-corrected chi connectivity index (χ1v) is 9.76. The SMILES string of the molecule is COc1cc(C(=O)OCC(=O)N(CCC#N)c2ccc(F)cc2)ccc1OCC(C)C. The lowest BCUT2D eigenvalue weighted by molar-refractivity contribution is -0.121. The van der Waals surface area contributed by atoms with E-state index in [4.69, 9.17) is 19.5 Å². The van der Waals surface area contributed by atoms with Crippen LogP contribution in [0.25, 0.3) is 0 Å². The lowest BCUT2D eigenvalue weighted by Crippen LogP contribution is -2.35. The van der Waals surface area contributed by atoms with Gasteiger partial charge in [0, 0.05) is 12.2 Å². The highest BCUT2D eigenvalue weighted by Crippen LogP contribution is 2.29. The highest BCUT2D eigenvalue weighted by atomic mass is 19.1. The maximum Gasteiger partial charge on any atom is 0.338 e. The standard InChI is InChI=1S/C23H25FN2O5/c1-16(2)14-30-20-10-5-17(13-21(20)29-3)23(28)31-15-22(27)26(12-4-11-25)19-8-6-18(24)7-9-19/h5-10,13,16H,4,12,14-15H2,1-3H3. The Hall–Kier alpha value is -3.60. The van der Waals surface area contributed by atoms with Crippen LogP contribution in [0.15, 0.2) is 42.5 Å². The van der Waals surface area contributed by atoms with Gasteiger partial charge in [0.1, 0.15) is 5.82 Å². The molecule has 0 radical (unpaired) electrons. The molecule has 0 saturated heterocycles. The molecule has 0 N–H and O–H groups in total. The molecule has 0 bridgehead atoms. The molecule has 164 valence electrons. The lowest BCUT2D eigenvalue weighted by Gasteiger charge is -2.21. The molecule has 7 nitrogen and oxygen atoms in total. The van der Waals surface area contributed by atoms with E-state index < -0.39 is 24.3 Å². The zero-order valence-corrected chi connectivity index (χ0v) is 17.8. The third-order valence-corrected chi connectivity index (χ3v) is 4.18. The van der Waals surface area contributed by atoms with E-state index >= 15 is 0 Å². The van der Waals surface area contributed by atoms with Crippen LogP contribution in [0, 0.1) is 23.1 Å². The molecule has 2 aromatic rings. The van der Waals surface area contributed by atoms with Gasteiger partial charge in [-0.2, -0.15) is 5.26 Å². The number of anilines is 1. The van der Waals surface area contributed by atoms with Gasteiger partial charge in [0.15, 0.2) is 18.1 Å². The van der Waals surface area contributed by atoms with E-state index in [1.54, 1.807) is 6.07 Å². The minimum absolute atomic E-state index is 0.0755. The Morgan fingerprint density at radius 1 is 1.13 bits per heavy atom. The number of carbonyl (C=O) groups is 2. The van der Waals surface area contributed by atoms with Crippen LogP contribution in [0.2, 0.25) is 0 Å². The third kappa shape index (κ3) is 7.00. The van der Waals surface area contributed by atoms with Crippen LogP contribution < -0.4 is 14.4 Å². The number of nitrogens with zero attached hydrogens (tertiary/aromatic N) is 2. The summed E-state index contributed by atoms with van der Waals surface area (Å²) in [4.78, 5) is 26.3. The second kappa shape index (κ2) is 11.6. The summed E-state index contributed by atoms with van der Waals surface area (Å²) >= 11 is 0. The molecular weight excluding hydrogens is 403 g/mol. The van der Waals surface area contributed by atoms with Crippen LogP contribution >= 0.6 is 0 Å². The number of carbonyl (C=O) groups excluding carboxylic acids is 2. The summed E-state index contributed by atoms with van der Waals surface area (Å²) < 4.78 is 29.3. The number of hydrogen-bond acceptors (Lipinski definition) is 6. The average Bonchev–Trinajstić information content (AvgIpc) is 2.77. The van der Waals surface area contributed by atoms with E-state index in [0.29, 0.717) is 29.7 Å². The molecule has 2 aromatic carbocycles. The normalized spacial score (nSPS) is 10.3. The number of hydrogen-bond donors (Lipinski definition) is 0. The van der Waals surface area contributed by atoms with Crippen molar-refractivity contribution in [1.29, 1.82) is 5.26 Å². The van der Waals surface area contributed by atoms with Crippen molar-refractivity contribution in [1.82, 2.24) is 0 Å². The molecule has 0 aliphatic carbocycles. The van der Waals surface area contributed by atoms with Crippen molar-refractivity contribution in [3.05, 3.63) is 53.8 Å². The van der Waals surface area contributed by atoms with Crippen LogP contribution in [0.3, 0.4) is 0 Å². The molecule has 0 saturated carbocycles. The Morgan fingerprint density at radius 2 is 1.84 bits per heavy atom. The molecule has 1 amide bonds. The quantitative estimate of drug-likeness (QED) is 0.532. The molecule has 0 atom stereocenters. The highest BCUT2D eigenvalue weighted by molar-refractivity contribution is 5.97. The van der Waals surface area contributed by atoms with Crippen LogP contribution in [-0.4, -0.2) is 38.7 Å². The van der Waals surface area contributed by atoms with Gasteiger partial charge in [-0.3, -0.25) is 4.79 Å². The van der Waals surface area contributed by atoms with Gasteiger partial charge in [-0.05, 0) is 48.4 Å². The van der Waals surface area contributed by atoms with Crippen molar-refractivity contribution in [2.75, 3.05) is 31.8 Å². The molecule has 0 fully saturated rings. The van der Waals surface area contributed by atoms with E-state index in [2.05, 4.69) is 0 Å². The zero-order valence-electron chi connectivity index (χ0n) is 17.8. The molecule has 0 heterocycles. The Labute approximate surface area is 180 Å². The number of methoxy groups -OCH3 is 1. The average molecular weight is 428 g/mol. The Bertz CT molecular complexity index is 938. The van der Waals surface area contributed by atoms with Crippen LogP contribution in [0.5, 0.6) is 11.5 Å². The monoisotopic (exact) mass is 428 g/mol. The van der Waals surface area contributed by atoms with Crippen molar-refractivity contribution in [3.8, 4) is 17.6 Å². The van der Waals surface area contributed by atoms with E-state index in [-0.39, 0.29) is 18.5 Å². The van der Waals surface area contributed by atoms with Crippen molar-refractivity contribution < 1.29 is 28.2 Å². The van der Waals surface area contributed by atoms with Gasteiger partial charge in [-0.1, -0.05) is 13.8 Å². The van der Waals surface area contributed by atoms with Gasteiger partial charge < -0.3 is 19.1 Å². The molecule has 0 aromatic heterocycles. The molecule has 8 heteroatoms. The molecule has 0 aliphatic rings. The predicted molar refractivity (Wildman–Crippen MR) is 113 cm³/mol. The fourth-order valence-electron chi connectivity index (χ4n) is 2.64. The maximum absolute atomic E-state index is 13.2. The van der Waals surface area contributed by atoms with E-state index in [0.717, 1.165) is 0 Å². The van der Waals surface area contributed by atoms with Gasteiger partial charge in [0.05, 0.1) is 31.8 Å². The number of rotatable bonds is 10. The highest BCUT2D eigenvalue weighted by Gasteiger charge is 2.19. The topological polar surface area (TPSA) is 88.9 Å². The number of ether oxygens (including phenoxy) is 3. The fourth-order valence-corrected chi connectivity index (χ4v) is 2.64. The summed E-state index contributed by atoms with van der Waals surface area (Å²) in [5.74, 6) is -0.477. The van der Waals surface area contributed by atoms with Crippen LogP contribution in [0.4, 0.5) is 10.1 Å². The first-order valence-electron chi connectivity index (χ1n) is 9.76. The number of halogens is 1. The summed E-state index contributed by atoms with van der Waals surface area (Å²) in [7, 11) is 1.46. The number of nitriles is 1. The summed E-state index contributed by atoms with van der Waals surface area (Å²) in [5, 5.41) is 8.84. The second-order valence-corrected chi connectivity index (χ2v) is 7.08. The maximum atomic E-state index is 13.2. The predicted octanol–water partition coefficient (Wildman–Crippen LogP) is 3.97. The van der Waals surface area contributed by atoms with Crippen LogP contribution in [0.1, 0.15) is 30.6 Å². The Kier molecular flexibility index (Phi) is 8.82. The van der Waals surface area contributed by atoms with Gasteiger partial charge in [0.25, 0.3) is 5.91 Å². The van der Waals surface area contributed by atoms with Gasteiger partial charge in [0.2, 0.25) is 0 Å². The Morgan fingerprint density at radius 3 is 2.45 bits per heavy atom. The summed E-state index contributed by atoms with van der Waals surface area (Å²) in [5.41, 5.74) is 0.609. The number of esters is 1. The molecule has 31 heavy (non-hydrogen) atoms. The smallest absolute Gasteiger partial charge is 0.338 e. The molecule has 0 spiro atoms. The van der Waals surface area contributed by atoms with Gasteiger partial charge in [-0.25, -0.2) is 9.18 Å². The summed E-state index contributed by atoms with van der Waals surface area (Å²) in [6.45, 7) is 4.09. The second-order valence-electron chi connectivity index (χ2n) is 7.08.